The van der Waals surface area contributed by atoms with E-state index >= 15 is 0 Å². The highest BCUT2D eigenvalue weighted by molar-refractivity contribution is 5.75. The molecule has 1 heterocycles. The Balaban J connectivity index is 0.000000250. The molecule has 1 aromatic rings. The van der Waals surface area contributed by atoms with Gasteiger partial charge in [0.05, 0.1) is 14.7 Å². The van der Waals surface area contributed by atoms with Crippen molar-refractivity contribution in [2.45, 2.75) is 0 Å². The highest BCUT2D eigenvalue weighted by Gasteiger charge is 1.56. The van der Waals surface area contributed by atoms with Gasteiger partial charge in [0.15, 0.2) is 0 Å². The van der Waals surface area contributed by atoms with Crippen molar-refractivity contribution in [1.29, 1.82) is 0 Å². The normalized spacial score (nSPS) is 6.67. The summed E-state index contributed by atoms with van der Waals surface area (Å²) in [6, 6.07) is 0. The average molecular weight is 81.9 g/mol. The Morgan fingerprint density at radius 2 is 2.33 bits per heavy atom. The van der Waals surface area contributed by atoms with Crippen LogP contribution in [0.15, 0.2) is 18.7 Å². The molecule has 0 aliphatic heterocycles. The summed E-state index contributed by atoms with van der Waals surface area (Å²) in [4.78, 5) is 6.42. The van der Waals surface area contributed by atoms with Gasteiger partial charge >= 0.3 is 0 Å². The van der Waals surface area contributed by atoms with Gasteiger partial charge in [0.2, 0.25) is 0 Å². The van der Waals surface area contributed by atoms with Gasteiger partial charge in [-0.2, -0.15) is 0 Å². The first-order valence-corrected chi connectivity index (χ1v) is 1.43. The molecular weight excluding hydrogens is 74.9 g/mol. The van der Waals surface area contributed by atoms with Crippen molar-refractivity contribution in [3.63, 3.8) is 0 Å². The van der Waals surface area contributed by atoms with Crippen molar-refractivity contribution in [1.82, 2.24) is 9.97 Å². The topological polar surface area (TPSA) is 28.7 Å². The minimum atomic E-state index is 0. The molecule has 0 aromatic carbocycles. The Bertz CT molecular complexity index is 65.3. The molecule has 1 rings (SSSR count). The molecule has 3 heteroatoms. The van der Waals surface area contributed by atoms with Crippen molar-refractivity contribution in [3.05, 3.63) is 18.7 Å². The van der Waals surface area contributed by atoms with Crippen molar-refractivity contribution in [3.8, 4) is 0 Å². The molecule has 0 aliphatic carbocycles. The van der Waals surface area contributed by atoms with Crippen molar-refractivity contribution in [2.75, 3.05) is 0 Å². The lowest BCUT2D eigenvalue weighted by Crippen LogP contribution is -1.44. The third-order valence-corrected chi connectivity index (χ3v) is 0.406. The average Bonchev–Trinajstić information content (AvgIpc) is 1.76. The van der Waals surface area contributed by atoms with Gasteiger partial charge in [-0.3, -0.25) is 0 Å². The van der Waals surface area contributed by atoms with E-state index in [1.165, 1.54) is 0 Å². The number of aromatic nitrogens is 2. The van der Waals surface area contributed by atoms with E-state index in [0.29, 0.717) is 0 Å². The highest BCUT2D eigenvalue weighted by atomic mass is 14.8. The van der Waals surface area contributed by atoms with Crippen LogP contribution < -0.4 is 0 Å². The van der Waals surface area contributed by atoms with E-state index in [1.54, 1.807) is 18.7 Å². The monoisotopic (exact) mass is 82.1 g/mol. The summed E-state index contributed by atoms with van der Waals surface area (Å²) in [6.07, 6.45) is 5.08. The number of rotatable bonds is 0. The van der Waals surface area contributed by atoms with Gasteiger partial charge in [0, 0.05) is 12.4 Å². The number of hydrogen-bond acceptors (Lipinski definition) is 1. The minimum absolute atomic E-state index is 0. The van der Waals surface area contributed by atoms with Crippen molar-refractivity contribution < 1.29 is 0 Å². The molecule has 0 atom stereocenters. The predicted octanol–water partition coefficient (Wildman–Crippen LogP) is -0.774. The molecular formula is C3H7BN2. The Morgan fingerprint density at radius 1 is 1.50 bits per heavy atom. The molecule has 0 bridgehead atoms. The van der Waals surface area contributed by atoms with Crippen LogP contribution in [0, 0.1) is 0 Å². The van der Waals surface area contributed by atoms with Crippen LogP contribution >= 0.6 is 0 Å². The number of imidazole rings is 1. The van der Waals surface area contributed by atoms with Gasteiger partial charge in [-0.25, -0.2) is 4.98 Å². The van der Waals surface area contributed by atoms with Crippen LogP contribution in [0.5, 0.6) is 0 Å². The van der Waals surface area contributed by atoms with Crippen molar-refractivity contribution in [2.24, 2.45) is 0 Å². The fourth-order valence-corrected chi connectivity index (χ4v) is 0.215. The molecule has 32 valence electrons. The van der Waals surface area contributed by atoms with E-state index < -0.39 is 0 Å². The molecule has 1 aromatic heterocycles. The lowest BCUT2D eigenvalue weighted by molar-refractivity contribution is 1.31. The summed E-state index contributed by atoms with van der Waals surface area (Å²) >= 11 is 0. The number of hydrogen-bond donors (Lipinski definition) is 1. The van der Waals surface area contributed by atoms with E-state index in [9.17, 15) is 0 Å². The maximum atomic E-state index is 3.67. The lowest BCUT2D eigenvalue weighted by Gasteiger charge is -1.46. The summed E-state index contributed by atoms with van der Waals surface area (Å²) in [5, 5.41) is 0. The SMILES string of the molecule is B.c1c[nH]cn1. The Labute approximate surface area is 38.2 Å². The molecule has 0 saturated heterocycles. The molecule has 0 fully saturated rings. The third-order valence-electron chi connectivity index (χ3n) is 0.406. The molecule has 0 amide bonds. The lowest BCUT2D eigenvalue weighted by atomic mass is 10.8. The zero-order chi connectivity index (χ0) is 3.54. The second kappa shape index (κ2) is 2.51. The molecule has 0 radical (unpaired) electrons. The molecule has 6 heavy (non-hydrogen) atoms. The highest BCUT2D eigenvalue weighted by Crippen LogP contribution is 1.62. The third kappa shape index (κ3) is 0.927. The summed E-state index contributed by atoms with van der Waals surface area (Å²) in [5.74, 6) is 0. The molecule has 2 nitrogen and oxygen atoms in total. The molecule has 0 saturated carbocycles. The summed E-state index contributed by atoms with van der Waals surface area (Å²) in [5.41, 5.74) is 0. The van der Waals surface area contributed by atoms with E-state index in [1.807, 2.05) is 0 Å². The predicted molar refractivity (Wildman–Crippen MR) is 28.5 cm³/mol. The zero-order valence-electron chi connectivity index (χ0n) is 2.68. The second-order valence-electron chi connectivity index (χ2n) is 0.761. The largest absolute Gasteiger partial charge is 0.351 e. The van der Waals surface area contributed by atoms with Crippen LogP contribution in [-0.2, 0) is 0 Å². The van der Waals surface area contributed by atoms with Crippen LogP contribution in [0.3, 0.4) is 0 Å². The van der Waals surface area contributed by atoms with Gasteiger partial charge in [-0.05, 0) is 0 Å². The van der Waals surface area contributed by atoms with Crippen molar-refractivity contribution >= 4 is 8.41 Å². The Kier molecular flexibility index (Phi) is 2.21. The number of H-pyrrole nitrogens is 1. The van der Waals surface area contributed by atoms with E-state index in [-0.39, 0.29) is 8.41 Å². The first-order valence-electron chi connectivity index (χ1n) is 1.43. The number of nitrogens with one attached hydrogen (secondary N) is 1. The zero-order valence-corrected chi connectivity index (χ0v) is 2.68. The Hall–Kier alpha value is -0.725. The molecule has 0 unspecified atom stereocenters. The van der Waals surface area contributed by atoms with Crippen LogP contribution in [0.1, 0.15) is 0 Å². The first kappa shape index (κ1) is 5.27. The second-order valence-corrected chi connectivity index (χ2v) is 0.761. The summed E-state index contributed by atoms with van der Waals surface area (Å²) in [6.45, 7) is 0. The van der Waals surface area contributed by atoms with E-state index in [4.69, 9.17) is 0 Å². The number of aromatic amines is 1. The first-order chi connectivity index (χ1) is 2.50. The fraction of sp³-hybridized carbons (Fsp3) is 0. The molecule has 0 spiro atoms. The summed E-state index contributed by atoms with van der Waals surface area (Å²) in [7, 11) is 0. The quantitative estimate of drug-likeness (QED) is 0.409. The molecule has 1 N–H and O–H groups in total. The van der Waals surface area contributed by atoms with E-state index in [2.05, 4.69) is 9.97 Å². The van der Waals surface area contributed by atoms with Gasteiger partial charge in [0.1, 0.15) is 0 Å². The van der Waals surface area contributed by atoms with E-state index in [0.717, 1.165) is 0 Å². The maximum Gasteiger partial charge on any atom is 0.0919 e. The van der Waals surface area contributed by atoms with Crippen LogP contribution in [0.4, 0.5) is 0 Å². The van der Waals surface area contributed by atoms with Gasteiger partial charge < -0.3 is 4.98 Å². The van der Waals surface area contributed by atoms with Gasteiger partial charge in [-0.15, -0.1) is 0 Å². The standard InChI is InChI=1S/C3H4N2.BH3/c1-2-5-3-4-1;/h1-3H,(H,4,5);1H3. The summed E-state index contributed by atoms with van der Waals surface area (Å²) < 4.78 is 0. The molecule has 0 aliphatic rings. The smallest absolute Gasteiger partial charge is 0.0919 e. The van der Waals surface area contributed by atoms with Crippen LogP contribution in [0.2, 0.25) is 0 Å². The van der Waals surface area contributed by atoms with Crippen LogP contribution in [-0.4, -0.2) is 18.4 Å². The van der Waals surface area contributed by atoms with Gasteiger partial charge in [0.25, 0.3) is 0 Å². The maximum absolute atomic E-state index is 3.67. The van der Waals surface area contributed by atoms with Gasteiger partial charge in [-0.1, -0.05) is 0 Å². The van der Waals surface area contributed by atoms with Crippen LogP contribution in [0.25, 0.3) is 0 Å². The fourth-order valence-electron chi connectivity index (χ4n) is 0.215. The minimum Gasteiger partial charge on any atom is -0.351 e. The Morgan fingerprint density at radius 3 is 2.50 bits per heavy atom. The number of nitrogens with zero attached hydrogens (tertiary/aromatic N) is 1.